The number of methoxy groups -OCH3 is 1. The van der Waals surface area contributed by atoms with Crippen molar-refractivity contribution < 1.29 is 23.5 Å². The number of hydrogen-bond donors (Lipinski definition) is 1. The van der Waals surface area contributed by atoms with Gasteiger partial charge in [0, 0.05) is 0 Å². The van der Waals surface area contributed by atoms with Crippen LogP contribution in [0, 0.1) is 39.0 Å². The summed E-state index contributed by atoms with van der Waals surface area (Å²) < 4.78 is 15.6. The lowest BCUT2D eigenvalue weighted by Gasteiger charge is -2.13. The summed E-state index contributed by atoms with van der Waals surface area (Å²) in [4.78, 5) is 24.0. The van der Waals surface area contributed by atoms with Crippen molar-refractivity contribution >= 4 is 17.8 Å². The molecule has 2 aromatic rings. The highest BCUT2D eigenvalue weighted by molar-refractivity contribution is 5.98. The van der Waals surface area contributed by atoms with Crippen LogP contribution < -0.4 is 10.1 Å². The number of hydrogen-bond acceptors (Lipinski definition) is 6. The SMILES string of the molecule is COC(=O)c1c(C)oc(NC(=O)COc2c(C)ccc(C)c2C)c1C#N. The van der Waals surface area contributed by atoms with Crippen LogP contribution in [-0.2, 0) is 9.53 Å². The molecule has 1 amide bonds. The fourth-order valence-corrected chi connectivity index (χ4v) is 2.54. The maximum absolute atomic E-state index is 12.2. The maximum atomic E-state index is 12.2. The molecule has 136 valence electrons. The van der Waals surface area contributed by atoms with Crippen LogP contribution in [0.3, 0.4) is 0 Å². The Bertz CT molecular complexity index is 906. The third-order valence-electron chi connectivity index (χ3n) is 4.06. The third kappa shape index (κ3) is 3.70. The number of furan rings is 1. The van der Waals surface area contributed by atoms with E-state index < -0.39 is 11.9 Å². The van der Waals surface area contributed by atoms with Crippen LogP contribution in [0.4, 0.5) is 5.88 Å². The molecule has 0 aliphatic heterocycles. The van der Waals surface area contributed by atoms with E-state index in [-0.39, 0.29) is 29.4 Å². The number of amides is 1. The van der Waals surface area contributed by atoms with E-state index >= 15 is 0 Å². The topological polar surface area (TPSA) is 102 Å². The zero-order valence-corrected chi connectivity index (χ0v) is 15.4. The molecule has 0 aliphatic rings. The van der Waals surface area contributed by atoms with Crippen molar-refractivity contribution in [2.45, 2.75) is 27.7 Å². The second-order valence-electron chi connectivity index (χ2n) is 5.83. The Kier molecular flexibility index (Phi) is 5.68. The van der Waals surface area contributed by atoms with Gasteiger partial charge >= 0.3 is 5.97 Å². The molecule has 0 radical (unpaired) electrons. The summed E-state index contributed by atoms with van der Waals surface area (Å²) in [5.74, 6) is -0.476. The van der Waals surface area contributed by atoms with Crippen LogP contribution in [0.15, 0.2) is 16.5 Å². The molecule has 0 aliphatic carbocycles. The number of ether oxygens (including phenoxy) is 2. The first kappa shape index (κ1) is 19.1. The Morgan fingerprint density at radius 3 is 2.46 bits per heavy atom. The van der Waals surface area contributed by atoms with E-state index in [0.717, 1.165) is 16.7 Å². The maximum Gasteiger partial charge on any atom is 0.342 e. The number of carbonyl (C=O) groups is 2. The van der Waals surface area contributed by atoms with E-state index in [1.54, 1.807) is 0 Å². The Labute approximate surface area is 151 Å². The van der Waals surface area contributed by atoms with E-state index in [0.29, 0.717) is 5.75 Å². The minimum atomic E-state index is -0.703. The molecule has 1 aromatic heterocycles. The molecule has 0 atom stereocenters. The lowest BCUT2D eigenvalue weighted by Crippen LogP contribution is -2.21. The predicted octanol–water partition coefficient (Wildman–Crippen LogP) is 3.19. The van der Waals surface area contributed by atoms with Gasteiger partial charge in [-0.1, -0.05) is 12.1 Å². The number of anilines is 1. The molecular weight excluding hydrogens is 336 g/mol. The minimum Gasteiger partial charge on any atom is -0.483 e. The summed E-state index contributed by atoms with van der Waals surface area (Å²) >= 11 is 0. The number of carbonyl (C=O) groups excluding carboxylic acids is 2. The van der Waals surface area contributed by atoms with Crippen molar-refractivity contribution in [3.8, 4) is 11.8 Å². The lowest BCUT2D eigenvalue weighted by atomic mass is 10.1. The summed E-state index contributed by atoms with van der Waals surface area (Å²) in [6.45, 7) is 7.02. The van der Waals surface area contributed by atoms with Crippen molar-refractivity contribution in [1.82, 2.24) is 0 Å². The van der Waals surface area contributed by atoms with E-state index in [2.05, 4.69) is 10.1 Å². The number of rotatable bonds is 5. The Morgan fingerprint density at radius 1 is 1.19 bits per heavy atom. The van der Waals surface area contributed by atoms with E-state index in [1.807, 2.05) is 39.0 Å². The van der Waals surface area contributed by atoms with Crippen molar-refractivity contribution in [2.75, 3.05) is 19.0 Å². The first-order chi connectivity index (χ1) is 12.3. The highest BCUT2D eigenvalue weighted by atomic mass is 16.5. The van der Waals surface area contributed by atoms with Gasteiger partial charge in [-0.15, -0.1) is 0 Å². The molecule has 26 heavy (non-hydrogen) atoms. The van der Waals surface area contributed by atoms with Crippen molar-refractivity contribution in [3.05, 3.63) is 45.7 Å². The highest BCUT2D eigenvalue weighted by Gasteiger charge is 2.25. The van der Waals surface area contributed by atoms with Crippen LogP contribution in [0.25, 0.3) is 0 Å². The summed E-state index contributed by atoms with van der Waals surface area (Å²) in [6, 6.07) is 5.76. The monoisotopic (exact) mass is 356 g/mol. The van der Waals surface area contributed by atoms with Gasteiger partial charge in [0.05, 0.1) is 7.11 Å². The fraction of sp³-hybridized carbons (Fsp3) is 0.316. The molecule has 7 heteroatoms. The smallest absolute Gasteiger partial charge is 0.342 e. The second kappa shape index (κ2) is 7.74. The molecule has 0 spiro atoms. The summed E-state index contributed by atoms with van der Waals surface area (Å²) in [5.41, 5.74) is 2.85. The fourth-order valence-electron chi connectivity index (χ4n) is 2.54. The zero-order valence-electron chi connectivity index (χ0n) is 15.4. The summed E-state index contributed by atoms with van der Waals surface area (Å²) in [5, 5.41) is 11.7. The van der Waals surface area contributed by atoms with E-state index in [4.69, 9.17) is 9.15 Å². The number of benzene rings is 1. The summed E-state index contributed by atoms with van der Waals surface area (Å²) in [7, 11) is 1.20. The average molecular weight is 356 g/mol. The zero-order chi connectivity index (χ0) is 19.4. The van der Waals surface area contributed by atoms with Gasteiger partial charge in [0.15, 0.2) is 6.61 Å². The van der Waals surface area contributed by atoms with Gasteiger partial charge in [0.2, 0.25) is 5.88 Å². The van der Waals surface area contributed by atoms with Gasteiger partial charge < -0.3 is 13.9 Å². The van der Waals surface area contributed by atoms with Gasteiger partial charge in [0.1, 0.15) is 28.7 Å². The second-order valence-corrected chi connectivity index (χ2v) is 5.83. The highest BCUT2D eigenvalue weighted by Crippen LogP contribution is 2.28. The van der Waals surface area contributed by atoms with E-state index in [1.165, 1.54) is 14.0 Å². The molecule has 0 saturated heterocycles. The molecule has 1 heterocycles. The average Bonchev–Trinajstić information content (AvgIpc) is 2.92. The number of nitrogens with one attached hydrogen (secondary N) is 1. The molecule has 2 rings (SSSR count). The number of nitrogens with zero attached hydrogens (tertiary/aromatic N) is 1. The molecule has 0 saturated carbocycles. The van der Waals surface area contributed by atoms with Gasteiger partial charge in [-0.05, 0) is 44.4 Å². The molecule has 7 nitrogen and oxygen atoms in total. The van der Waals surface area contributed by atoms with Crippen LogP contribution in [-0.4, -0.2) is 25.6 Å². The molecule has 1 N–H and O–H groups in total. The predicted molar refractivity (Wildman–Crippen MR) is 94.3 cm³/mol. The summed E-state index contributed by atoms with van der Waals surface area (Å²) in [6.07, 6.45) is 0. The van der Waals surface area contributed by atoms with Gasteiger partial charge in [-0.3, -0.25) is 10.1 Å². The van der Waals surface area contributed by atoms with Crippen LogP contribution in [0.5, 0.6) is 5.75 Å². The molecule has 1 aromatic carbocycles. The van der Waals surface area contributed by atoms with Crippen molar-refractivity contribution in [3.63, 3.8) is 0 Å². The molecule has 0 unspecified atom stereocenters. The Hall–Kier alpha value is -3.27. The van der Waals surface area contributed by atoms with Crippen LogP contribution in [0.1, 0.15) is 38.4 Å². The third-order valence-corrected chi connectivity index (χ3v) is 4.06. The minimum absolute atomic E-state index is 0.00316. The van der Waals surface area contributed by atoms with Crippen molar-refractivity contribution in [2.24, 2.45) is 0 Å². The van der Waals surface area contributed by atoms with Crippen LogP contribution in [0.2, 0.25) is 0 Å². The Balaban J connectivity index is 2.16. The van der Waals surface area contributed by atoms with Crippen molar-refractivity contribution in [1.29, 1.82) is 5.26 Å². The number of esters is 1. The number of nitriles is 1. The normalized spacial score (nSPS) is 10.2. The van der Waals surface area contributed by atoms with Gasteiger partial charge in [-0.2, -0.15) is 5.26 Å². The molecule has 0 bridgehead atoms. The lowest BCUT2D eigenvalue weighted by molar-refractivity contribution is -0.118. The Morgan fingerprint density at radius 2 is 1.85 bits per heavy atom. The quantitative estimate of drug-likeness (QED) is 0.826. The van der Waals surface area contributed by atoms with E-state index in [9.17, 15) is 14.9 Å². The van der Waals surface area contributed by atoms with Gasteiger partial charge in [-0.25, -0.2) is 4.79 Å². The first-order valence-electron chi connectivity index (χ1n) is 7.91. The first-order valence-corrected chi connectivity index (χ1v) is 7.91. The van der Waals surface area contributed by atoms with Gasteiger partial charge in [0.25, 0.3) is 5.91 Å². The molecule has 0 fully saturated rings. The molecular formula is C19H20N2O5. The standard InChI is InChI=1S/C19H20N2O5/c1-10-6-7-11(2)17(12(10)3)25-9-15(22)21-18-14(8-20)16(13(4)26-18)19(23)24-5/h6-7H,9H2,1-5H3,(H,21,22). The largest absolute Gasteiger partial charge is 0.483 e. The van der Waals surface area contributed by atoms with Crippen LogP contribution >= 0.6 is 0 Å². The number of aryl methyl sites for hydroxylation is 3.